The van der Waals surface area contributed by atoms with Gasteiger partial charge in [0, 0.05) is 21.5 Å². The summed E-state index contributed by atoms with van der Waals surface area (Å²) in [5.41, 5.74) is 3.17. The molecule has 0 fully saturated rings. The molecule has 1 aliphatic rings. The predicted octanol–water partition coefficient (Wildman–Crippen LogP) is 3.32. The number of carbonyl (C=O) groups excluding carboxylic acids is 1. The highest BCUT2D eigenvalue weighted by Crippen LogP contribution is 2.37. The summed E-state index contributed by atoms with van der Waals surface area (Å²) in [7, 11) is 1.55. The van der Waals surface area contributed by atoms with Crippen molar-refractivity contribution in [2.45, 2.75) is 4.90 Å². The van der Waals surface area contributed by atoms with Crippen LogP contribution in [-0.2, 0) is 4.79 Å². The molecule has 25 heavy (non-hydrogen) atoms. The fraction of sp³-hybridized carbons (Fsp3) is 0.176. The zero-order chi connectivity index (χ0) is 17.6. The van der Waals surface area contributed by atoms with Crippen molar-refractivity contribution in [3.8, 4) is 17.2 Å². The van der Waals surface area contributed by atoms with E-state index in [0.29, 0.717) is 27.8 Å². The minimum atomic E-state index is -0.212. The molecule has 0 unspecified atom stereocenters. The average molecular weight is 379 g/mol. The Labute approximate surface area is 154 Å². The van der Waals surface area contributed by atoms with Crippen LogP contribution in [0.4, 0.5) is 0 Å². The van der Waals surface area contributed by atoms with Crippen molar-refractivity contribution in [1.82, 2.24) is 5.43 Å². The highest BCUT2D eigenvalue weighted by atomic mass is 35.5. The van der Waals surface area contributed by atoms with Crippen molar-refractivity contribution in [3.05, 3.63) is 47.0 Å². The van der Waals surface area contributed by atoms with Gasteiger partial charge in [0.15, 0.2) is 11.5 Å². The molecule has 3 rings (SSSR count). The summed E-state index contributed by atoms with van der Waals surface area (Å²) >= 11 is 7.23. The predicted molar refractivity (Wildman–Crippen MR) is 97.0 cm³/mol. The molecule has 1 heterocycles. The summed E-state index contributed by atoms with van der Waals surface area (Å²) in [6, 6.07) is 10.8. The molecule has 0 radical (unpaired) electrons. The largest absolute Gasteiger partial charge is 0.496 e. The van der Waals surface area contributed by atoms with Gasteiger partial charge in [0.1, 0.15) is 5.75 Å². The quantitative estimate of drug-likeness (QED) is 0.474. The van der Waals surface area contributed by atoms with Crippen LogP contribution >= 0.6 is 23.4 Å². The fourth-order valence-electron chi connectivity index (χ4n) is 2.10. The normalized spacial score (nSPS) is 12.4. The number of carbonyl (C=O) groups is 1. The SMILES string of the molecule is COc1cc2c(cc1/C=N\NC(=O)CSc1ccc(Cl)cc1)OCO2. The molecule has 8 heteroatoms. The van der Waals surface area contributed by atoms with Crippen molar-refractivity contribution >= 4 is 35.5 Å². The van der Waals surface area contributed by atoms with Crippen LogP contribution in [0.3, 0.4) is 0 Å². The van der Waals surface area contributed by atoms with Gasteiger partial charge in [-0.05, 0) is 30.3 Å². The second-order valence-corrected chi connectivity index (χ2v) is 6.47. The van der Waals surface area contributed by atoms with Crippen LogP contribution in [0.25, 0.3) is 0 Å². The molecule has 6 nitrogen and oxygen atoms in total. The Kier molecular flexibility index (Phi) is 5.67. The summed E-state index contributed by atoms with van der Waals surface area (Å²) in [4.78, 5) is 12.8. The van der Waals surface area contributed by atoms with E-state index < -0.39 is 0 Å². The molecule has 1 N–H and O–H groups in total. The van der Waals surface area contributed by atoms with Crippen molar-refractivity contribution < 1.29 is 19.0 Å². The van der Waals surface area contributed by atoms with E-state index in [0.717, 1.165) is 4.90 Å². The Bertz CT molecular complexity index is 796. The Hall–Kier alpha value is -2.38. The summed E-state index contributed by atoms with van der Waals surface area (Å²) < 4.78 is 15.9. The van der Waals surface area contributed by atoms with Gasteiger partial charge in [-0.3, -0.25) is 4.79 Å². The van der Waals surface area contributed by atoms with E-state index in [2.05, 4.69) is 10.5 Å². The molecule has 0 bridgehead atoms. The van der Waals surface area contributed by atoms with E-state index in [1.165, 1.54) is 18.0 Å². The molecule has 0 saturated carbocycles. The first-order chi connectivity index (χ1) is 12.2. The molecular formula is C17H15ClN2O4S. The summed E-state index contributed by atoms with van der Waals surface area (Å²) in [6.45, 7) is 0.178. The van der Waals surface area contributed by atoms with E-state index in [-0.39, 0.29) is 18.5 Å². The first kappa shape index (κ1) is 17.4. The molecule has 2 aromatic rings. The molecule has 0 spiro atoms. The third kappa shape index (κ3) is 4.58. The van der Waals surface area contributed by atoms with Crippen molar-refractivity contribution in [3.63, 3.8) is 0 Å². The second-order valence-electron chi connectivity index (χ2n) is 4.98. The number of benzene rings is 2. The first-order valence-corrected chi connectivity index (χ1v) is 8.70. The van der Waals surface area contributed by atoms with Gasteiger partial charge >= 0.3 is 0 Å². The maximum atomic E-state index is 11.9. The highest BCUT2D eigenvalue weighted by Gasteiger charge is 2.17. The maximum Gasteiger partial charge on any atom is 0.250 e. The number of amides is 1. The number of fused-ring (bicyclic) bond motifs is 1. The third-order valence-electron chi connectivity index (χ3n) is 3.30. The van der Waals surface area contributed by atoms with Crippen LogP contribution in [0.2, 0.25) is 5.02 Å². The maximum absolute atomic E-state index is 11.9. The second kappa shape index (κ2) is 8.13. The Balaban J connectivity index is 1.55. The van der Waals surface area contributed by atoms with Crippen LogP contribution in [-0.4, -0.2) is 31.8 Å². The number of thioether (sulfide) groups is 1. The van der Waals surface area contributed by atoms with Crippen molar-refractivity contribution in [1.29, 1.82) is 0 Å². The molecule has 2 aromatic carbocycles. The van der Waals surface area contributed by atoms with E-state index in [9.17, 15) is 4.79 Å². The van der Waals surface area contributed by atoms with Crippen LogP contribution in [0.5, 0.6) is 17.2 Å². The van der Waals surface area contributed by atoms with Gasteiger partial charge in [0.25, 0.3) is 0 Å². The van der Waals surface area contributed by atoms with Gasteiger partial charge in [0.05, 0.1) is 19.1 Å². The Morgan fingerprint density at radius 1 is 1.32 bits per heavy atom. The van der Waals surface area contributed by atoms with Crippen molar-refractivity contribution in [2.24, 2.45) is 5.10 Å². The standard InChI is InChI=1S/C17H15ClN2O4S/c1-22-14-7-16-15(23-10-24-16)6-11(14)8-19-20-17(21)9-25-13-4-2-12(18)3-5-13/h2-8H,9-10H2,1H3,(H,20,21)/b19-8-. The van der Waals surface area contributed by atoms with Gasteiger partial charge in [0.2, 0.25) is 12.7 Å². The lowest BCUT2D eigenvalue weighted by Crippen LogP contribution is -2.19. The van der Waals surface area contributed by atoms with Gasteiger partial charge in [-0.15, -0.1) is 11.8 Å². The third-order valence-corrected chi connectivity index (χ3v) is 4.57. The van der Waals surface area contributed by atoms with Crippen LogP contribution < -0.4 is 19.6 Å². The minimum Gasteiger partial charge on any atom is -0.496 e. The number of rotatable bonds is 6. The molecule has 0 saturated heterocycles. The molecular weight excluding hydrogens is 364 g/mol. The average Bonchev–Trinajstić information content (AvgIpc) is 3.07. The number of halogens is 1. The van der Waals surface area contributed by atoms with E-state index in [1.807, 2.05) is 12.1 Å². The molecule has 1 amide bonds. The number of hydrogen-bond acceptors (Lipinski definition) is 6. The fourth-order valence-corrected chi connectivity index (χ4v) is 2.92. The molecule has 1 aliphatic heterocycles. The number of ether oxygens (including phenoxy) is 3. The summed E-state index contributed by atoms with van der Waals surface area (Å²) in [6.07, 6.45) is 1.51. The highest BCUT2D eigenvalue weighted by molar-refractivity contribution is 8.00. The minimum absolute atomic E-state index is 0.178. The molecule has 0 aliphatic carbocycles. The number of methoxy groups -OCH3 is 1. The lowest BCUT2D eigenvalue weighted by Gasteiger charge is -2.06. The lowest BCUT2D eigenvalue weighted by atomic mass is 10.2. The van der Waals surface area contributed by atoms with E-state index >= 15 is 0 Å². The van der Waals surface area contributed by atoms with Crippen molar-refractivity contribution in [2.75, 3.05) is 19.7 Å². The molecule has 130 valence electrons. The lowest BCUT2D eigenvalue weighted by molar-refractivity contribution is -0.118. The monoisotopic (exact) mass is 378 g/mol. The summed E-state index contributed by atoms with van der Waals surface area (Å²) in [5.74, 6) is 1.86. The zero-order valence-corrected chi connectivity index (χ0v) is 14.9. The van der Waals surface area contributed by atoms with Gasteiger partial charge in [-0.2, -0.15) is 5.10 Å². The molecule has 0 aromatic heterocycles. The van der Waals surface area contributed by atoms with E-state index in [4.69, 9.17) is 25.8 Å². The van der Waals surface area contributed by atoms with Gasteiger partial charge in [-0.25, -0.2) is 5.43 Å². The molecule has 0 atom stereocenters. The summed E-state index contributed by atoms with van der Waals surface area (Å²) in [5, 5.41) is 4.63. The first-order valence-electron chi connectivity index (χ1n) is 7.33. The smallest absolute Gasteiger partial charge is 0.250 e. The number of nitrogens with zero attached hydrogens (tertiary/aromatic N) is 1. The topological polar surface area (TPSA) is 69.2 Å². The Morgan fingerprint density at radius 3 is 2.76 bits per heavy atom. The van der Waals surface area contributed by atoms with E-state index in [1.54, 1.807) is 31.4 Å². The van der Waals surface area contributed by atoms with Crippen LogP contribution in [0.1, 0.15) is 5.56 Å². The number of nitrogens with one attached hydrogen (secondary N) is 1. The number of hydrogen-bond donors (Lipinski definition) is 1. The van der Waals surface area contributed by atoms with Crippen LogP contribution in [0.15, 0.2) is 46.4 Å². The van der Waals surface area contributed by atoms with Crippen LogP contribution in [0, 0.1) is 0 Å². The van der Waals surface area contributed by atoms with Gasteiger partial charge in [-0.1, -0.05) is 11.6 Å². The Morgan fingerprint density at radius 2 is 2.04 bits per heavy atom. The van der Waals surface area contributed by atoms with Gasteiger partial charge < -0.3 is 14.2 Å². The number of hydrazone groups is 1. The zero-order valence-electron chi connectivity index (χ0n) is 13.3.